The Labute approximate surface area is 162 Å². The summed E-state index contributed by atoms with van der Waals surface area (Å²) in [5.74, 6) is -2.12. The van der Waals surface area contributed by atoms with Crippen molar-refractivity contribution in [2.45, 2.75) is 31.6 Å². The molecule has 2 aromatic carbocycles. The topological polar surface area (TPSA) is 55.8 Å². The lowest BCUT2D eigenvalue weighted by Crippen LogP contribution is -2.62. The second-order valence-electron chi connectivity index (χ2n) is 7.13. The van der Waals surface area contributed by atoms with E-state index in [0.717, 1.165) is 16.8 Å². The molecule has 0 spiro atoms. The molecule has 2 aromatic rings. The minimum atomic E-state index is -0.931. The highest BCUT2D eigenvalue weighted by Crippen LogP contribution is 2.48. The van der Waals surface area contributed by atoms with Crippen molar-refractivity contribution in [1.82, 2.24) is 0 Å². The number of rotatable bonds is 2. The zero-order chi connectivity index (χ0) is 19.2. The summed E-state index contributed by atoms with van der Waals surface area (Å²) >= 11 is 6.01. The number of piperidine rings is 1. The number of esters is 1. The summed E-state index contributed by atoms with van der Waals surface area (Å²) in [6, 6.07) is 14.9. The SMILES string of the molecule is COC(=O)[C@H]1C(=O)N2c3ccccc3CO[C@]2(C)C[C@@H]1c1ccc(Cl)cc1. The van der Waals surface area contributed by atoms with Crippen molar-refractivity contribution in [2.75, 3.05) is 12.0 Å². The first-order valence-corrected chi connectivity index (χ1v) is 9.21. The van der Waals surface area contributed by atoms with E-state index in [4.69, 9.17) is 21.1 Å². The molecule has 2 aliphatic rings. The van der Waals surface area contributed by atoms with Crippen molar-refractivity contribution < 1.29 is 19.1 Å². The van der Waals surface area contributed by atoms with Crippen LogP contribution in [0.5, 0.6) is 0 Å². The van der Waals surface area contributed by atoms with Crippen LogP contribution in [0.3, 0.4) is 0 Å². The van der Waals surface area contributed by atoms with Gasteiger partial charge in [0, 0.05) is 22.9 Å². The Morgan fingerprint density at radius 1 is 1.22 bits per heavy atom. The fourth-order valence-corrected chi connectivity index (χ4v) is 4.28. The molecule has 0 radical (unpaired) electrons. The first kappa shape index (κ1) is 18.0. The molecule has 3 atom stereocenters. The molecule has 2 aliphatic heterocycles. The van der Waals surface area contributed by atoms with Gasteiger partial charge in [-0.3, -0.25) is 14.5 Å². The third-order valence-electron chi connectivity index (χ3n) is 5.48. The molecular formula is C21H20ClNO4. The molecule has 4 rings (SSSR count). The van der Waals surface area contributed by atoms with Crippen molar-refractivity contribution in [2.24, 2.45) is 5.92 Å². The molecule has 140 valence electrons. The van der Waals surface area contributed by atoms with E-state index in [1.54, 1.807) is 17.0 Å². The molecule has 0 saturated carbocycles. The number of hydrogen-bond donors (Lipinski definition) is 0. The zero-order valence-electron chi connectivity index (χ0n) is 15.1. The molecule has 5 nitrogen and oxygen atoms in total. The molecule has 1 fully saturated rings. The van der Waals surface area contributed by atoms with Gasteiger partial charge in [0.05, 0.1) is 19.4 Å². The van der Waals surface area contributed by atoms with E-state index in [1.165, 1.54) is 7.11 Å². The van der Waals surface area contributed by atoms with Gasteiger partial charge in [-0.1, -0.05) is 41.9 Å². The van der Waals surface area contributed by atoms with Crippen LogP contribution in [0.4, 0.5) is 5.69 Å². The number of carbonyl (C=O) groups excluding carboxylic acids is 2. The Hall–Kier alpha value is -2.37. The lowest BCUT2D eigenvalue weighted by Gasteiger charge is -2.51. The second kappa shape index (κ2) is 6.66. The fourth-order valence-electron chi connectivity index (χ4n) is 4.16. The third-order valence-corrected chi connectivity index (χ3v) is 5.74. The third kappa shape index (κ3) is 2.91. The van der Waals surface area contributed by atoms with Crippen LogP contribution in [-0.2, 0) is 25.7 Å². The lowest BCUT2D eigenvalue weighted by atomic mass is 9.75. The number of hydrogen-bond acceptors (Lipinski definition) is 4. The predicted octanol–water partition coefficient (Wildman–Crippen LogP) is 3.90. The number of para-hydroxylation sites is 1. The number of ether oxygens (including phenoxy) is 2. The first-order valence-electron chi connectivity index (χ1n) is 8.84. The molecule has 1 saturated heterocycles. The fraction of sp³-hybridized carbons (Fsp3) is 0.333. The van der Waals surface area contributed by atoms with E-state index in [9.17, 15) is 9.59 Å². The molecule has 1 amide bonds. The summed E-state index contributed by atoms with van der Waals surface area (Å²) in [4.78, 5) is 27.7. The number of nitrogens with zero attached hydrogens (tertiary/aromatic N) is 1. The molecule has 27 heavy (non-hydrogen) atoms. The maximum absolute atomic E-state index is 13.5. The van der Waals surface area contributed by atoms with Gasteiger partial charge in [0.15, 0.2) is 0 Å². The number of methoxy groups -OCH3 is 1. The van der Waals surface area contributed by atoms with E-state index in [-0.39, 0.29) is 11.8 Å². The molecule has 0 aromatic heterocycles. The molecule has 0 bridgehead atoms. The van der Waals surface area contributed by atoms with E-state index >= 15 is 0 Å². The standard InChI is InChI=1S/C21H20ClNO4/c1-21-11-16(13-7-9-15(22)10-8-13)18(20(25)26-2)19(24)23(21)17-6-4-3-5-14(17)12-27-21/h3-10,16,18H,11-12H2,1-2H3/t16-,18-,21-/m1/s1. The van der Waals surface area contributed by atoms with Crippen LogP contribution < -0.4 is 4.90 Å². The second-order valence-corrected chi connectivity index (χ2v) is 7.57. The molecule has 0 unspecified atom stereocenters. The van der Waals surface area contributed by atoms with Gasteiger partial charge < -0.3 is 9.47 Å². The number of amides is 1. The van der Waals surface area contributed by atoms with Crippen LogP contribution in [0.2, 0.25) is 5.02 Å². The van der Waals surface area contributed by atoms with Crippen LogP contribution in [0.15, 0.2) is 48.5 Å². The first-order chi connectivity index (χ1) is 12.9. The van der Waals surface area contributed by atoms with Gasteiger partial charge in [-0.2, -0.15) is 0 Å². The highest BCUT2D eigenvalue weighted by molar-refractivity contribution is 6.30. The van der Waals surface area contributed by atoms with Crippen molar-refractivity contribution >= 4 is 29.2 Å². The summed E-state index contributed by atoms with van der Waals surface area (Å²) in [6.07, 6.45) is 0.481. The van der Waals surface area contributed by atoms with Crippen LogP contribution in [-0.4, -0.2) is 24.7 Å². The molecule has 2 heterocycles. The maximum Gasteiger partial charge on any atom is 0.318 e. The van der Waals surface area contributed by atoms with Gasteiger partial charge in [-0.15, -0.1) is 0 Å². The quantitative estimate of drug-likeness (QED) is 0.581. The largest absolute Gasteiger partial charge is 0.468 e. The number of fused-ring (bicyclic) bond motifs is 3. The van der Waals surface area contributed by atoms with E-state index in [2.05, 4.69) is 0 Å². The van der Waals surface area contributed by atoms with Crippen LogP contribution in [0, 0.1) is 5.92 Å². The van der Waals surface area contributed by atoms with Crippen LogP contribution >= 0.6 is 11.6 Å². The molecule has 6 heteroatoms. The number of anilines is 1. The Morgan fingerprint density at radius 2 is 1.93 bits per heavy atom. The minimum Gasteiger partial charge on any atom is -0.468 e. The Balaban J connectivity index is 1.82. The van der Waals surface area contributed by atoms with Crippen molar-refractivity contribution in [3.05, 3.63) is 64.7 Å². The van der Waals surface area contributed by atoms with Gasteiger partial charge in [0.1, 0.15) is 11.6 Å². The number of halogens is 1. The maximum atomic E-state index is 13.5. The average Bonchev–Trinajstić information content (AvgIpc) is 2.67. The zero-order valence-corrected chi connectivity index (χ0v) is 15.9. The predicted molar refractivity (Wildman–Crippen MR) is 101 cm³/mol. The molecular weight excluding hydrogens is 366 g/mol. The van der Waals surface area contributed by atoms with Gasteiger partial charge in [0.2, 0.25) is 5.91 Å². The van der Waals surface area contributed by atoms with E-state index in [0.29, 0.717) is 18.1 Å². The molecule has 0 N–H and O–H groups in total. The van der Waals surface area contributed by atoms with Crippen LogP contribution in [0.25, 0.3) is 0 Å². The van der Waals surface area contributed by atoms with Gasteiger partial charge in [-0.05, 0) is 30.7 Å². The summed E-state index contributed by atoms with van der Waals surface area (Å²) in [5, 5.41) is 0.603. The van der Waals surface area contributed by atoms with Gasteiger partial charge in [-0.25, -0.2) is 0 Å². The average molecular weight is 386 g/mol. The minimum absolute atomic E-state index is 0.303. The van der Waals surface area contributed by atoms with E-state index < -0.39 is 17.6 Å². The molecule has 0 aliphatic carbocycles. The Bertz CT molecular complexity index is 897. The van der Waals surface area contributed by atoms with E-state index in [1.807, 2.05) is 43.3 Å². The van der Waals surface area contributed by atoms with Gasteiger partial charge in [0.25, 0.3) is 0 Å². The highest BCUT2D eigenvalue weighted by Gasteiger charge is 2.55. The van der Waals surface area contributed by atoms with Crippen molar-refractivity contribution in [1.29, 1.82) is 0 Å². The lowest BCUT2D eigenvalue weighted by molar-refractivity contribution is -0.159. The normalized spacial score (nSPS) is 26.9. The highest BCUT2D eigenvalue weighted by atomic mass is 35.5. The monoisotopic (exact) mass is 385 g/mol. The summed E-state index contributed by atoms with van der Waals surface area (Å²) in [7, 11) is 1.31. The smallest absolute Gasteiger partial charge is 0.318 e. The summed E-state index contributed by atoms with van der Waals surface area (Å²) in [5.41, 5.74) is 1.75. The number of benzene rings is 2. The Morgan fingerprint density at radius 3 is 2.63 bits per heavy atom. The summed E-state index contributed by atoms with van der Waals surface area (Å²) in [6.45, 7) is 2.32. The van der Waals surface area contributed by atoms with Gasteiger partial charge >= 0.3 is 5.97 Å². The summed E-state index contributed by atoms with van der Waals surface area (Å²) < 4.78 is 11.1. The van der Waals surface area contributed by atoms with Crippen LogP contribution in [0.1, 0.15) is 30.4 Å². The van der Waals surface area contributed by atoms with Crippen molar-refractivity contribution in [3.63, 3.8) is 0 Å². The number of carbonyl (C=O) groups is 2. The Kier molecular flexibility index (Phi) is 4.44. The van der Waals surface area contributed by atoms with Crippen molar-refractivity contribution in [3.8, 4) is 0 Å².